The Morgan fingerprint density at radius 2 is 1.69 bits per heavy atom. The van der Waals surface area contributed by atoms with E-state index < -0.39 is 0 Å². The predicted molar refractivity (Wildman–Crippen MR) is 144 cm³/mol. The SMILES string of the molecule is CCN1CCN(c2ccc(Nc3nc(C)c4cc(-c5cccc(F)c5)c(=O)n(CC)c4n3)cc2)CC1. The van der Waals surface area contributed by atoms with Crippen molar-refractivity contribution in [2.45, 2.75) is 27.3 Å². The van der Waals surface area contributed by atoms with Crippen LogP contribution in [0.3, 0.4) is 0 Å². The number of pyridine rings is 1. The largest absolute Gasteiger partial charge is 0.369 e. The summed E-state index contributed by atoms with van der Waals surface area (Å²) in [5.74, 6) is 0.0567. The van der Waals surface area contributed by atoms with Crippen molar-refractivity contribution in [3.63, 3.8) is 0 Å². The van der Waals surface area contributed by atoms with Gasteiger partial charge < -0.3 is 15.1 Å². The molecule has 7 nitrogen and oxygen atoms in total. The summed E-state index contributed by atoms with van der Waals surface area (Å²) in [6.07, 6.45) is 0. The van der Waals surface area contributed by atoms with Gasteiger partial charge >= 0.3 is 0 Å². The molecule has 2 aromatic heterocycles. The standard InChI is InChI=1S/C28H31FN6O/c1-4-33-13-15-34(16-14-33)23-11-9-22(10-12-23)31-28-30-19(3)24-18-25(20-7-6-8-21(29)17-20)27(36)35(5-2)26(24)32-28/h6-12,17-18H,4-5,13-16H2,1-3H3,(H,30,31,32). The van der Waals surface area contributed by atoms with Crippen LogP contribution in [0.4, 0.5) is 21.7 Å². The molecular weight excluding hydrogens is 455 g/mol. The molecule has 36 heavy (non-hydrogen) atoms. The van der Waals surface area contributed by atoms with E-state index in [1.165, 1.54) is 17.8 Å². The summed E-state index contributed by atoms with van der Waals surface area (Å²) < 4.78 is 15.5. The number of piperazine rings is 1. The van der Waals surface area contributed by atoms with Gasteiger partial charge in [-0.3, -0.25) is 9.36 Å². The second kappa shape index (κ2) is 10.1. The van der Waals surface area contributed by atoms with Crippen LogP contribution in [0, 0.1) is 12.7 Å². The average Bonchev–Trinajstić information content (AvgIpc) is 2.89. The van der Waals surface area contributed by atoms with E-state index >= 15 is 0 Å². The number of rotatable bonds is 6. The van der Waals surface area contributed by atoms with Gasteiger partial charge in [0.1, 0.15) is 11.5 Å². The second-order valence-corrected chi connectivity index (χ2v) is 9.08. The van der Waals surface area contributed by atoms with E-state index in [1.807, 2.05) is 26.0 Å². The zero-order chi connectivity index (χ0) is 25.2. The highest BCUT2D eigenvalue weighted by atomic mass is 19.1. The molecule has 0 saturated carbocycles. The average molecular weight is 487 g/mol. The summed E-state index contributed by atoms with van der Waals surface area (Å²) in [7, 11) is 0. The molecule has 1 aliphatic heterocycles. The van der Waals surface area contributed by atoms with E-state index in [9.17, 15) is 9.18 Å². The summed E-state index contributed by atoms with van der Waals surface area (Å²) in [5, 5.41) is 4.06. The first-order valence-corrected chi connectivity index (χ1v) is 12.5. The van der Waals surface area contributed by atoms with Crippen molar-refractivity contribution in [3.05, 3.63) is 76.5 Å². The van der Waals surface area contributed by atoms with Crippen molar-refractivity contribution >= 4 is 28.4 Å². The Labute approximate surface area is 210 Å². The van der Waals surface area contributed by atoms with Crippen LogP contribution in [-0.4, -0.2) is 52.2 Å². The molecule has 0 aliphatic carbocycles. The fourth-order valence-corrected chi connectivity index (χ4v) is 4.81. The molecule has 2 aromatic carbocycles. The first-order chi connectivity index (χ1) is 17.5. The van der Waals surface area contributed by atoms with Gasteiger partial charge in [0.05, 0.1) is 5.69 Å². The first-order valence-electron chi connectivity index (χ1n) is 12.5. The van der Waals surface area contributed by atoms with Gasteiger partial charge in [-0.25, -0.2) is 9.37 Å². The van der Waals surface area contributed by atoms with Crippen LogP contribution < -0.4 is 15.8 Å². The number of benzene rings is 2. The van der Waals surface area contributed by atoms with Crippen LogP contribution in [0.25, 0.3) is 22.2 Å². The van der Waals surface area contributed by atoms with Gasteiger partial charge in [-0.15, -0.1) is 0 Å². The van der Waals surface area contributed by atoms with Crippen molar-refractivity contribution in [1.82, 2.24) is 19.4 Å². The zero-order valence-electron chi connectivity index (χ0n) is 21.0. The molecule has 0 spiro atoms. The molecule has 0 atom stereocenters. The second-order valence-electron chi connectivity index (χ2n) is 9.08. The van der Waals surface area contributed by atoms with Crippen LogP contribution in [0.15, 0.2) is 59.4 Å². The molecular formula is C28H31FN6O. The van der Waals surface area contributed by atoms with Gasteiger partial charge in [0.25, 0.3) is 5.56 Å². The van der Waals surface area contributed by atoms with Gasteiger partial charge in [0.15, 0.2) is 0 Å². The Morgan fingerprint density at radius 1 is 0.944 bits per heavy atom. The van der Waals surface area contributed by atoms with E-state index in [-0.39, 0.29) is 11.4 Å². The Hall–Kier alpha value is -3.78. The molecule has 186 valence electrons. The van der Waals surface area contributed by atoms with Crippen LogP contribution in [0.2, 0.25) is 0 Å². The van der Waals surface area contributed by atoms with Gasteiger partial charge in [-0.1, -0.05) is 19.1 Å². The molecule has 0 amide bonds. The molecule has 1 aliphatic rings. The molecule has 0 unspecified atom stereocenters. The van der Waals surface area contributed by atoms with Crippen LogP contribution in [0.1, 0.15) is 19.5 Å². The lowest BCUT2D eigenvalue weighted by Crippen LogP contribution is -2.46. The Kier molecular flexibility index (Phi) is 6.69. The maximum Gasteiger partial charge on any atom is 0.260 e. The van der Waals surface area contributed by atoms with E-state index in [0.717, 1.165) is 49.5 Å². The highest BCUT2D eigenvalue weighted by Gasteiger charge is 2.17. The van der Waals surface area contributed by atoms with Crippen molar-refractivity contribution in [2.24, 2.45) is 0 Å². The summed E-state index contributed by atoms with van der Waals surface area (Å²) in [6.45, 7) is 11.8. The molecule has 1 saturated heterocycles. The highest BCUT2D eigenvalue weighted by molar-refractivity contribution is 5.84. The van der Waals surface area contributed by atoms with E-state index in [2.05, 4.69) is 39.2 Å². The number of fused-ring (bicyclic) bond motifs is 1. The minimum absolute atomic E-state index is 0.202. The van der Waals surface area contributed by atoms with E-state index in [0.29, 0.717) is 29.3 Å². The number of nitrogens with one attached hydrogen (secondary N) is 1. The molecule has 1 N–H and O–H groups in total. The fraction of sp³-hybridized carbons (Fsp3) is 0.321. The number of aromatic nitrogens is 3. The van der Waals surface area contributed by atoms with Crippen molar-refractivity contribution in [1.29, 1.82) is 0 Å². The number of anilines is 3. The number of aryl methyl sites for hydroxylation is 2. The third-order valence-electron chi connectivity index (χ3n) is 6.90. The third kappa shape index (κ3) is 4.68. The maximum atomic E-state index is 13.8. The minimum atomic E-state index is -0.378. The highest BCUT2D eigenvalue weighted by Crippen LogP contribution is 2.26. The van der Waals surface area contributed by atoms with E-state index in [1.54, 1.807) is 22.8 Å². The monoisotopic (exact) mass is 486 g/mol. The summed E-state index contributed by atoms with van der Waals surface area (Å²) >= 11 is 0. The smallest absolute Gasteiger partial charge is 0.260 e. The molecule has 5 rings (SSSR count). The summed E-state index contributed by atoms with van der Waals surface area (Å²) in [5.41, 5.74) is 4.17. The van der Waals surface area contributed by atoms with Crippen LogP contribution >= 0.6 is 0 Å². The molecule has 0 radical (unpaired) electrons. The Balaban J connectivity index is 1.44. The normalized spacial score (nSPS) is 14.4. The third-order valence-corrected chi connectivity index (χ3v) is 6.90. The summed E-state index contributed by atoms with van der Waals surface area (Å²) in [4.78, 5) is 27.5. The lowest BCUT2D eigenvalue weighted by molar-refractivity contribution is 0.271. The summed E-state index contributed by atoms with van der Waals surface area (Å²) in [6, 6.07) is 16.2. The van der Waals surface area contributed by atoms with Gasteiger partial charge in [-0.2, -0.15) is 4.98 Å². The number of halogens is 1. The predicted octanol–water partition coefficient (Wildman–Crippen LogP) is 4.81. The first kappa shape index (κ1) is 23.9. The van der Waals surface area contributed by atoms with Gasteiger partial charge in [0, 0.05) is 55.0 Å². The molecule has 8 heteroatoms. The van der Waals surface area contributed by atoms with Crippen LogP contribution in [-0.2, 0) is 6.54 Å². The maximum absolute atomic E-state index is 13.8. The minimum Gasteiger partial charge on any atom is -0.369 e. The van der Waals surface area contributed by atoms with Gasteiger partial charge in [-0.05, 0) is 68.4 Å². The molecule has 3 heterocycles. The van der Waals surface area contributed by atoms with Crippen molar-refractivity contribution < 1.29 is 4.39 Å². The van der Waals surface area contributed by atoms with Crippen molar-refractivity contribution in [3.8, 4) is 11.1 Å². The van der Waals surface area contributed by atoms with Gasteiger partial charge in [0.2, 0.25) is 5.95 Å². The molecule has 1 fully saturated rings. The molecule has 0 bridgehead atoms. The lowest BCUT2D eigenvalue weighted by atomic mass is 10.1. The number of likely N-dealkylation sites (N-methyl/N-ethyl adjacent to an activating group) is 1. The van der Waals surface area contributed by atoms with Crippen molar-refractivity contribution in [2.75, 3.05) is 42.9 Å². The molecule has 4 aromatic rings. The number of hydrogen-bond acceptors (Lipinski definition) is 6. The zero-order valence-corrected chi connectivity index (χ0v) is 21.0. The topological polar surface area (TPSA) is 66.3 Å². The quantitative estimate of drug-likeness (QED) is 0.422. The number of hydrogen-bond donors (Lipinski definition) is 1. The lowest BCUT2D eigenvalue weighted by Gasteiger charge is -2.35. The van der Waals surface area contributed by atoms with E-state index in [4.69, 9.17) is 4.98 Å². The Morgan fingerprint density at radius 3 is 2.36 bits per heavy atom. The fourth-order valence-electron chi connectivity index (χ4n) is 4.81. The van der Waals surface area contributed by atoms with Crippen LogP contribution in [0.5, 0.6) is 0 Å². The number of nitrogens with zero attached hydrogens (tertiary/aromatic N) is 5. The Bertz CT molecular complexity index is 1440.